The van der Waals surface area contributed by atoms with Crippen molar-refractivity contribution in [2.75, 3.05) is 0 Å². The summed E-state index contributed by atoms with van der Waals surface area (Å²) in [5.41, 5.74) is 1.05. The second-order valence-electron chi connectivity index (χ2n) is 5.85. The molecule has 2 N–H and O–H groups in total. The average Bonchev–Trinajstić information content (AvgIpc) is 2.98. The Balaban J connectivity index is 1.70. The number of benzene rings is 1. The van der Waals surface area contributed by atoms with E-state index in [1.165, 1.54) is 12.8 Å². The summed E-state index contributed by atoms with van der Waals surface area (Å²) in [5.74, 6) is 0.354. The molecule has 1 aromatic rings. The molecule has 1 unspecified atom stereocenters. The molecule has 0 spiro atoms. The first kappa shape index (κ1) is 15.5. The second-order valence-corrected chi connectivity index (χ2v) is 5.85. The molecule has 1 aliphatic rings. The summed E-state index contributed by atoms with van der Waals surface area (Å²) in [5, 5.41) is 5.64. The molecule has 0 bridgehead atoms. The normalized spacial score (nSPS) is 16.4. The average molecular weight is 288 g/mol. The van der Waals surface area contributed by atoms with E-state index in [4.69, 9.17) is 0 Å². The van der Waals surface area contributed by atoms with Crippen LogP contribution < -0.4 is 10.6 Å². The van der Waals surface area contributed by atoms with Crippen molar-refractivity contribution in [1.82, 2.24) is 10.6 Å². The number of hydrogen-bond acceptors (Lipinski definition) is 2. The van der Waals surface area contributed by atoms with Gasteiger partial charge in [-0.3, -0.25) is 9.59 Å². The number of nitrogens with one attached hydrogen (secondary N) is 2. The van der Waals surface area contributed by atoms with E-state index in [0.717, 1.165) is 18.4 Å². The molecule has 0 heterocycles. The molecule has 1 fully saturated rings. The van der Waals surface area contributed by atoms with E-state index < -0.39 is 6.04 Å². The van der Waals surface area contributed by atoms with Crippen LogP contribution in [0.5, 0.6) is 0 Å². The van der Waals surface area contributed by atoms with Crippen LogP contribution in [-0.4, -0.2) is 17.9 Å². The van der Waals surface area contributed by atoms with Crippen LogP contribution in [0.1, 0.15) is 44.6 Å². The molecule has 114 valence electrons. The fourth-order valence-electron chi connectivity index (χ4n) is 2.78. The van der Waals surface area contributed by atoms with Crippen LogP contribution in [-0.2, 0) is 16.1 Å². The van der Waals surface area contributed by atoms with Gasteiger partial charge in [-0.2, -0.15) is 0 Å². The van der Waals surface area contributed by atoms with Crippen LogP contribution in [0.25, 0.3) is 0 Å². The highest BCUT2D eigenvalue weighted by Gasteiger charge is 2.21. The largest absolute Gasteiger partial charge is 0.350 e. The first-order chi connectivity index (χ1) is 10.1. The predicted octanol–water partition coefficient (Wildman–Crippen LogP) is 2.39. The summed E-state index contributed by atoms with van der Waals surface area (Å²) in [6, 6.07) is 9.26. The number of carbonyl (C=O) groups excluding carboxylic acids is 2. The van der Waals surface area contributed by atoms with E-state index in [9.17, 15) is 9.59 Å². The van der Waals surface area contributed by atoms with Gasteiger partial charge in [-0.1, -0.05) is 43.2 Å². The molecule has 2 rings (SSSR count). The van der Waals surface area contributed by atoms with Crippen molar-refractivity contribution < 1.29 is 9.59 Å². The first-order valence-corrected chi connectivity index (χ1v) is 7.76. The maximum atomic E-state index is 12.0. The Labute approximate surface area is 126 Å². The third kappa shape index (κ3) is 5.21. The van der Waals surface area contributed by atoms with Crippen molar-refractivity contribution in [3.05, 3.63) is 35.9 Å². The molecular weight excluding hydrogens is 264 g/mol. The minimum atomic E-state index is -0.484. The highest BCUT2D eigenvalue weighted by atomic mass is 16.2. The van der Waals surface area contributed by atoms with Gasteiger partial charge >= 0.3 is 0 Å². The van der Waals surface area contributed by atoms with Gasteiger partial charge in [-0.15, -0.1) is 0 Å². The van der Waals surface area contributed by atoms with Gasteiger partial charge in [0.2, 0.25) is 11.8 Å². The Hall–Kier alpha value is -1.84. The molecule has 1 saturated carbocycles. The Kier molecular flexibility index (Phi) is 5.78. The summed E-state index contributed by atoms with van der Waals surface area (Å²) >= 11 is 0. The molecule has 0 aromatic heterocycles. The zero-order chi connectivity index (χ0) is 15.1. The van der Waals surface area contributed by atoms with Gasteiger partial charge in [0.05, 0.1) is 0 Å². The molecule has 1 aliphatic carbocycles. The van der Waals surface area contributed by atoms with Crippen LogP contribution in [0.15, 0.2) is 30.3 Å². The quantitative estimate of drug-likeness (QED) is 0.844. The summed E-state index contributed by atoms with van der Waals surface area (Å²) in [6.45, 7) is 2.22. The third-order valence-corrected chi connectivity index (χ3v) is 4.03. The lowest BCUT2D eigenvalue weighted by Crippen LogP contribution is -2.44. The molecule has 1 aromatic carbocycles. The van der Waals surface area contributed by atoms with Crippen molar-refractivity contribution >= 4 is 11.8 Å². The number of amides is 2. The van der Waals surface area contributed by atoms with Gasteiger partial charge in [0.25, 0.3) is 0 Å². The van der Waals surface area contributed by atoms with Crippen molar-refractivity contribution in [3.63, 3.8) is 0 Å². The van der Waals surface area contributed by atoms with E-state index in [1.807, 2.05) is 30.3 Å². The molecule has 0 aliphatic heterocycles. The van der Waals surface area contributed by atoms with E-state index >= 15 is 0 Å². The monoisotopic (exact) mass is 288 g/mol. The van der Waals surface area contributed by atoms with Gasteiger partial charge in [-0.25, -0.2) is 0 Å². The van der Waals surface area contributed by atoms with E-state index in [-0.39, 0.29) is 11.8 Å². The molecule has 2 amide bonds. The van der Waals surface area contributed by atoms with Crippen molar-refractivity contribution in [2.45, 2.75) is 51.6 Å². The van der Waals surface area contributed by atoms with E-state index in [2.05, 4.69) is 10.6 Å². The molecule has 21 heavy (non-hydrogen) atoms. The van der Waals surface area contributed by atoms with Gasteiger partial charge in [0.1, 0.15) is 6.04 Å². The van der Waals surface area contributed by atoms with Crippen LogP contribution >= 0.6 is 0 Å². The summed E-state index contributed by atoms with van der Waals surface area (Å²) < 4.78 is 0. The highest BCUT2D eigenvalue weighted by molar-refractivity contribution is 5.87. The molecule has 4 heteroatoms. The van der Waals surface area contributed by atoms with E-state index in [1.54, 1.807) is 6.92 Å². The predicted molar refractivity (Wildman–Crippen MR) is 82.5 cm³/mol. The Morgan fingerprint density at radius 1 is 1.19 bits per heavy atom. The Morgan fingerprint density at radius 3 is 2.52 bits per heavy atom. The van der Waals surface area contributed by atoms with Crippen molar-refractivity contribution in [2.24, 2.45) is 5.92 Å². The van der Waals surface area contributed by atoms with Gasteiger partial charge < -0.3 is 10.6 Å². The zero-order valence-electron chi connectivity index (χ0n) is 12.6. The SMILES string of the molecule is CC(NC(=O)CC1CCCC1)C(=O)NCc1ccccc1. The second kappa shape index (κ2) is 7.81. The van der Waals surface area contributed by atoms with Crippen LogP contribution in [0.4, 0.5) is 0 Å². The number of carbonyl (C=O) groups is 2. The first-order valence-electron chi connectivity index (χ1n) is 7.76. The Bertz CT molecular complexity index is 467. The summed E-state index contributed by atoms with van der Waals surface area (Å²) in [7, 11) is 0. The molecule has 1 atom stereocenters. The summed E-state index contributed by atoms with van der Waals surface area (Å²) in [4.78, 5) is 23.9. The third-order valence-electron chi connectivity index (χ3n) is 4.03. The number of hydrogen-bond donors (Lipinski definition) is 2. The van der Waals surface area contributed by atoms with Crippen molar-refractivity contribution in [1.29, 1.82) is 0 Å². The zero-order valence-corrected chi connectivity index (χ0v) is 12.6. The standard InChI is InChI=1S/C17H24N2O2/c1-13(19-16(20)11-14-7-5-6-8-14)17(21)18-12-15-9-3-2-4-10-15/h2-4,9-10,13-14H,5-8,11-12H2,1H3,(H,18,21)(H,19,20). The molecular formula is C17H24N2O2. The Morgan fingerprint density at radius 2 is 1.86 bits per heavy atom. The van der Waals surface area contributed by atoms with Crippen LogP contribution in [0.2, 0.25) is 0 Å². The minimum absolute atomic E-state index is 0.00994. The van der Waals surface area contributed by atoms with Gasteiger partial charge in [0.15, 0.2) is 0 Å². The highest BCUT2D eigenvalue weighted by Crippen LogP contribution is 2.27. The lowest BCUT2D eigenvalue weighted by Gasteiger charge is -2.15. The van der Waals surface area contributed by atoms with Crippen molar-refractivity contribution in [3.8, 4) is 0 Å². The van der Waals surface area contributed by atoms with Gasteiger partial charge in [0, 0.05) is 13.0 Å². The maximum Gasteiger partial charge on any atom is 0.242 e. The lowest BCUT2D eigenvalue weighted by molar-refractivity contribution is -0.129. The fourth-order valence-corrected chi connectivity index (χ4v) is 2.78. The van der Waals surface area contributed by atoms with Gasteiger partial charge in [-0.05, 0) is 31.2 Å². The maximum absolute atomic E-state index is 12.0. The van der Waals surface area contributed by atoms with E-state index in [0.29, 0.717) is 18.9 Å². The number of rotatable bonds is 6. The minimum Gasteiger partial charge on any atom is -0.350 e. The fraction of sp³-hybridized carbons (Fsp3) is 0.529. The topological polar surface area (TPSA) is 58.2 Å². The smallest absolute Gasteiger partial charge is 0.242 e. The lowest BCUT2D eigenvalue weighted by atomic mass is 10.0. The van der Waals surface area contributed by atoms with Crippen LogP contribution in [0.3, 0.4) is 0 Å². The molecule has 4 nitrogen and oxygen atoms in total. The molecule has 0 radical (unpaired) electrons. The molecule has 0 saturated heterocycles. The van der Waals surface area contributed by atoms with Crippen LogP contribution in [0, 0.1) is 5.92 Å². The summed E-state index contributed by atoms with van der Waals surface area (Å²) in [6.07, 6.45) is 5.29.